The van der Waals surface area contributed by atoms with Crippen molar-refractivity contribution in [1.29, 1.82) is 0 Å². The van der Waals surface area contributed by atoms with Gasteiger partial charge in [0.15, 0.2) is 0 Å². The van der Waals surface area contributed by atoms with E-state index in [-0.39, 0.29) is 36.0 Å². The summed E-state index contributed by atoms with van der Waals surface area (Å²) in [5.41, 5.74) is 1.02. The number of hydrogen-bond donors (Lipinski definition) is 2. The molecule has 1 aliphatic carbocycles. The first kappa shape index (κ1) is 26.3. The molecular formula is C26H42N4O4. The van der Waals surface area contributed by atoms with Crippen LogP contribution in [-0.4, -0.2) is 80.3 Å². The van der Waals surface area contributed by atoms with Crippen molar-refractivity contribution in [2.75, 3.05) is 45.7 Å². The molecule has 0 radical (unpaired) electrons. The average Bonchev–Trinajstić information content (AvgIpc) is 3.32. The van der Waals surface area contributed by atoms with E-state index in [1.54, 1.807) is 37.3 Å². The van der Waals surface area contributed by atoms with Gasteiger partial charge in [0.1, 0.15) is 12.4 Å². The SMILES string of the molecule is CCCN1C[C@@H](C)[C@@H](OC)CN(C)C(=O)c2cc(NC(=O)NC3CCCC3)ccc2OC[C@H]1C. The molecule has 3 amide bonds. The number of likely N-dealkylation sites (N-methyl/N-ethyl adjacent to an activating group) is 1. The summed E-state index contributed by atoms with van der Waals surface area (Å²) in [4.78, 5) is 30.0. The van der Waals surface area contributed by atoms with E-state index in [0.29, 0.717) is 30.2 Å². The summed E-state index contributed by atoms with van der Waals surface area (Å²) in [6, 6.07) is 5.47. The molecule has 3 rings (SSSR count). The number of hydrogen-bond acceptors (Lipinski definition) is 5. The van der Waals surface area contributed by atoms with Crippen LogP contribution in [0.3, 0.4) is 0 Å². The van der Waals surface area contributed by atoms with Gasteiger partial charge in [0.2, 0.25) is 0 Å². The molecule has 0 saturated heterocycles. The number of amides is 3. The summed E-state index contributed by atoms with van der Waals surface area (Å²) < 4.78 is 12.0. The second kappa shape index (κ2) is 12.4. The summed E-state index contributed by atoms with van der Waals surface area (Å²) >= 11 is 0. The molecule has 3 atom stereocenters. The minimum Gasteiger partial charge on any atom is -0.491 e. The number of ether oxygens (including phenoxy) is 2. The van der Waals surface area contributed by atoms with Crippen molar-refractivity contribution in [3.63, 3.8) is 0 Å². The highest BCUT2D eigenvalue weighted by atomic mass is 16.5. The van der Waals surface area contributed by atoms with Crippen molar-refractivity contribution in [3.05, 3.63) is 23.8 Å². The summed E-state index contributed by atoms with van der Waals surface area (Å²) in [5, 5.41) is 5.92. The van der Waals surface area contributed by atoms with Crippen LogP contribution in [0, 0.1) is 5.92 Å². The molecule has 1 saturated carbocycles. The van der Waals surface area contributed by atoms with E-state index >= 15 is 0 Å². The van der Waals surface area contributed by atoms with Gasteiger partial charge >= 0.3 is 6.03 Å². The number of rotatable bonds is 5. The van der Waals surface area contributed by atoms with E-state index in [2.05, 4.69) is 36.3 Å². The first-order valence-corrected chi connectivity index (χ1v) is 12.7. The highest BCUT2D eigenvalue weighted by molar-refractivity contribution is 5.99. The Balaban J connectivity index is 1.84. The second-order valence-electron chi connectivity index (χ2n) is 9.88. The molecule has 0 aromatic heterocycles. The van der Waals surface area contributed by atoms with Crippen molar-refractivity contribution in [3.8, 4) is 5.75 Å². The first-order chi connectivity index (χ1) is 16.3. The highest BCUT2D eigenvalue weighted by Crippen LogP contribution is 2.27. The molecule has 8 heteroatoms. The van der Waals surface area contributed by atoms with Crippen molar-refractivity contribution in [2.24, 2.45) is 5.92 Å². The molecule has 0 spiro atoms. The number of fused-ring (bicyclic) bond motifs is 1. The first-order valence-electron chi connectivity index (χ1n) is 12.7. The lowest BCUT2D eigenvalue weighted by Crippen LogP contribution is -2.46. The summed E-state index contributed by atoms with van der Waals surface area (Å²) in [5.74, 6) is 0.632. The summed E-state index contributed by atoms with van der Waals surface area (Å²) in [7, 11) is 3.50. The number of carbonyl (C=O) groups is 2. The van der Waals surface area contributed by atoms with Crippen LogP contribution >= 0.6 is 0 Å². The maximum atomic E-state index is 13.4. The molecule has 1 aromatic carbocycles. The lowest BCUT2D eigenvalue weighted by Gasteiger charge is -2.35. The molecule has 1 aromatic rings. The van der Waals surface area contributed by atoms with Crippen LogP contribution in [-0.2, 0) is 4.74 Å². The van der Waals surface area contributed by atoms with Crippen LogP contribution in [0.1, 0.15) is 63.2 Å². The number of nitrogens with one attached hydrogen (secondary N) is 2. The molecule has 190 valence electrons. The average molecular weight is 475 g/mol. The monoisotopic (exact) mass is 474 g/mol. The zero-order valence-corrected chi connectivity index (χ0v) is 21.4. The number of carbonyl (C=O) groups excluding carboxylic acids is 2. The van der Waals surface area contributed by atoms with Gasteiger partial charge in [-0.05, 0) is 56.8 Å². The van der Waals surface area contributed by atoms with E-state index < -0.39 is 0 Å². The Morgan fingerprint density at radius 1 is 1.21 bits per heavy atom. The number of nitrogens with zero attached hydrogens (tertiary/aromatic N) is 2. The van der Waals surface area contributed by atoms with Crippen molar-refractivity contribution < 1.29 is 19.1 Å². The van der Waals surface area contributed by atoms with Crippen molar-refractivity contribution in [1.82, 2.24) is 15.1 Å². The van der Waals surface area contributed by atoms with Gasteiger partial charge in [-0.25, -0.2) is 4.79 Å². The lowest BCUT2D eigenvalue weighted by molar-refractivity contribution is 0.0108. The Hall–Kier alpha value is -2.32. The van der Waals surface area contributed by atoms with Crippen LogP contribution in [0.25, 0.3) is 0 Å². The lowest BCUT2D eigenvalue weighted by atomic mass is 10.0. The number of urea groups is 1. The van der Waals surface area contributed by atoms with Gasteiger partial charge in [-0.15, -0.1) is 0 Å². The van der Waals surface area contributed by atoms with Crippen molar-refractivity contribution in [2.45, 2.75) is 71.1 Å². The fraction of sp³-hybridized carbons (Fsp3) is 0.692. The third-order valence-corrected chi connectivity index (χ3v) is 7.03. The Morgan fingerprint density at radius 3 is 2.62 bits per heavy atom. The maximum absolute atomic E-state index is 13.4. The highest BCUT2D eigenvalue weighted by Gasteiger charge is 2.28. The standard InChI is InChI=1S/C26H42N4O4/c1-6-13-30-15-18(2)24(33-5)16-29(4)25(31)22-14-21(11-12-23(22)34-17-19(30)3)28-26(32)27-20-9-7-8-10-20/h11-12,14,18-20,24H,6-10,13,15-17H2,1-5H3,(H2,27,28,32)/t18-,19-,24+/m1/s1. The van der Waals surface area contributed by atoms with Gasteiger partial charge in [-0.2, -0.15) is 0 Å². The fourth-order valence-corrected chi connectivity index (χ4v) is 4.95. The minimum atomic E-state index is -0.237. The quantitative estimate of drug-likeness (QED) is 0.675. The molecule has 34 heavy (non-hydrogen) atoms. The van der Waals surface area contributed by atoms with E-state index in [9.17, 15) is 9.59 Å². The molecule has 1 heterocycles. The normalized spacial score (nSPS) is 25.1. The molecule has 8 nitrogen and oxygen atoms in total. The van der Waals surface area contributed by atoms with Crippen LogP contribution in [0.15, 0.2) is 18.2 Å². The zero-order valence-electron chi connectivity index (χ0n) is 21.4. The predicted molar refractivity (Wildman–Crippen MR) is 135 cm³/mol. The maximum Gasteiger partial charge on any atom is 0.319 e. The molecule has 2 aliphatic rings. The van der Waals surface area contributed by atoms with Gasteiger partial charge in [0.25, 0.3) is 5.91 Å². The van der Waals surface area contributed by atoms with Gasteiger partial charge in [0, 0.05) is 45.0 Å². The Morgan fingerprint density at radius 2 is 1.94 bits per heavy atom. The van der Waals surface area contributed by atoms with Crippen LogP contribution < -0.4 is 15.4 Å². The molecule has 1 aliphatic heterocycles. The van der Waals surface area contributed by atoms with Gasteiger partial charge in [0.05, 0.1) is 11.7 Å². The van der Waals surface area contributed by atoms with Crippen LogP contribution in [0.5, 0.6) is 5.75 Å². The van der Waals surface area contributed by atoms with E-state index in [4.69, 9.17) is 9.47 Å². The summed E-state index contributed by atoms with van der Waals surface area (Å²) in [6.07, 6.45) is 5.31. The van der Waals surface area contributed by atoms with Crippen LogP contribution in [0.4, 0.5) is 10.5 Å². The predicted octanol–water partition coefficient (Wildman–Crippen LogP) is 3.97. The Labute approximate surface area is 204 Å². The minimum absolute atomic E-state index is 0.0807. The van der Waals surface area contributed by atoms with Gasteiger partial charge < -0.3 is 25.0 Å². The van der Waals surface area contributed by atoms with Crippen molar-refractivity contribution >= 4 is 17.6 Å². The van der Waals surface area contributed by atoms with E-state index in [0.717, 1.165) is 45.2 Å². The Bertz CT molecular complexity index is 827. The van der Waals surface area contributed by atoms with Crippen LogP contribution in [0.2, 0.25) is 0 Å². The number of methoxy groups -OCH3 is 1. The van der Waals surface area contributed by atoms with Gasteiger partial charge in [-0.3, -0.25) is 9.69 Å². The third-order valence-electron chi connectivity index (χ3n) is 7.03. The molecule has 2 N–H and O–H groups in total. The number of anilines is 1. The molecular weight excluding hydrogens is 432 g/mol. The topological polar surface area (TPSA) is 83.1 Å². The van der Waals surface area contributed by atoms with E-state index in [1.165, 1.54) is 0 Å². The number of benzene rings is 1. The largest absolute Gasteiger partial charge is 0.491 e. The van der Waals surface area contributed by atoms with Gasteiger partial charge in [-0.1, -0.05) is 26.7 Å². The molecule has 0 unspecified atom stereocenters. The van der Waals surface area contributed by atoms with E-state index in [1.807, 2.05) is 0 Å². The summed E-state index contributed by atoms with van der Waals surface area (Å²) in [6.45, 7) is 9.33. The third kappa shape index (κ3) is 6.85. The fourth-order valence-electron chi connectivity index (χ4n) is 4.95. The molecule has 0 bridgehead atoms. The molecule has 1 fully saturated rings. The second-order valence-corrected chi connectivity index (χ2v) is 9.88. The smallest absolute Gasteiger partial charge is 0.319 e. The Kier molecular flexibility index (Phi) is 9.59. The zero-order chi connectivity index (χ0) is 24.7.